The number of carbonyl (C=O) groups is 1. The monoisotopic (exact) mass is 431 g/mol. The molecule has 1 aliphatic heterocycles. The van der Waals surface area contributed by atoms with E-state index in [2.05, 4.69) is 31.8 Å². The smallest absolute Gasteiger partial charge is 0.319 e. The normalized spacial score (nSPS) is 14.9. The number of pyridine rings is 2. The lowest BCUT2D eigenvalue weighted by molar-refractivity contribution is 0.0472. The van der Waals surface area contributed by atoms with E-state index in [1.807, 2.05) is 50.5 Å². The largest absolute Gasteiger partial charge is 0.489 e. The number of para-hydroxylation sites is 1. The molecule has 0 aliphatic carbocycles. The second-order valence-corrected chi connectivity index (χ2v) is 7.64. The Kier molecular flexibility index (Phi) is 6.60. The molecular formula is C24H25N5O3. The van der Waals surface area contributed by atoms with Crippen molar-refractivity contribution in [3.8, 4) is 16.9 Å². The van der Waals surface area contributed by atoms with Crippen molar-refractivity contribution in [3.05, 3.63) is 72.3 Å². The average molecular weight is 431 g/mol. The summed E-state index contributed by atoms with van der Waals surface area (Å²) in [6, 6.07) is 13.2. The molecule has 0 fully saturated rings. The Morgan fingerprint density at radius 2 is 2.06 bits per heavy atom. The third kappa shape index (κ3) is 5.60. The highest BCUT2D eigenvalue weighted by atomic mass is 16.7. The van der Waals surface area contributed by atoms with Crippen molar-refractivity contribution in [1.29, 1.82) is 0 Å². The first kappa shape index (κ1) is 21.3. The van der Waals surface area contributed by atoms with Crippen LogP contribution in [0.15, 0.2) is 66.2 Å². The van der Waals surface area contributed by atoms with Crippen LogP contribution in [0.2, 0.25) is 0 Å². The highest BCUT2D eigenvalue weighted by Gasteiger charge is 2.22. The van der Waals surface area contributed by atoms with Crippen LogP contribution in [-0.4, -0.2) is 41.0 Å². The molecule has 1 atom stereocenters. The molecule has 2 amide bonds. The molecule has 0 saturated heterocycles. The molecule has 0 saturated carbocycles. The maximum atomic E-state index is 12.1. The van der Waals surface area contributed by atoms with Gasteiger partial charge in [0, 0.05) is 47.5 Å². The van der Waals surface area contributed by atoms with Crippen LogP contribution >= 0.6 is 0 Å². The number of hydrogen-bond donors (Lipinski definition) is 2. The Balaban J connectivity index is 1.26. The van der Waals surface area contributed by atoms with Crippen LogP contribution in [0.1, 0.15) is 17.7 Å². The topological polar surface area (TPSA) is 97.7 Å². The zero-order chi connectivity index (χ0) is 22.3. The number of anilines is 1. The number of aromatic nitrogens is 2. The summed E-state index contributed by atoms with van der Waals surface area (Å²) >= 11 is 0. The maximum Gasteiger partial charge on any atom is 0.319 e. The van der Waals surface area contributed by atoms with Crippen LogP contribution in [-0.2, 0) is 4.84 Å². The number of nitrogens with zero attached hydrogens (tertiary/aromatic N) is 3. The number of amides is 2. The Hall–Kier alpha value is -3.94. The summed E-state index contributed by atoms with van der Waals surface area (Å²) in [6.45, 7) is 4.54. The van der Waals surface area contributed by atoms with Gasteiger partial charge in [-0.3, -0.25) is 9.97 Å². The Bertz CT molecular complexity index is 1130. The highest BCUT2D eigenvalue weighted by molar-refractivity contribution is 5.94. The minimum absolute atomic E-state index is 0.207. The van der Waals surface area contributed by atoms with Crippen LogP contribution < -0.4 is 15.4 Å². The quantitative estimate of drug-likeness (QED) is 0.587. The first-order valence-electron chi connectivity index (χ1n) is 10.4. The van der Waals surface area contributed by atoms with E-state index >= 15 is 0 Å². The lowest BCUT2D eigenvalue weighted by Crippen LogP contribution is -2.33. The van der Waals surface area contributed by atoms with Crippen LogP contribution in [0.25, 0.3) is 11.1 Å². The van der Waals surface area contributed by atoms with Crippen molar-refractivity contribution in [2.75, 3.05) is 18.5 Å². The number of nitrogens with one attached hydrogen (secondary N) is 2. The zero-order valence-electron chi connectivity index (χ0n) is 18.0. The van der Waals surface area contributed by atoms with Gasteiger partial charge in [0.25, 0.3) is 0 Å². The summed E-state index contributed by atoms with van der Waals surface area (Å²) in [5.74, 6) is 0.766. The number of carbonyl (C=O) groups excluding carboxylic acids is 1. The minimum Gasteiger partial charge on any atom is -0.489 e. The molecule has 1 unspecified atom stereocenters. The molecule has 0 spiro atoms. The van der Waals surface area contributed by atoms with Crippen LogP contribution in [0.3, 0.4) is 0 Å². The fraction of sp³-hybridized carbons (Fsp3) is 0.250. The highest BCUT2D eigenvalue weighted by Crippen LogP contribution is 2.30. The van der Waals surface area contributed by atoms with E-state index in [1.165, 1.54) is 0 Å². The molecule has 8 heteroatoms. The predicted octanol–water partition coefficient (Wildman–Crippen LogP) is 4.11. The first-order chi connectivity index (χ1) is 15.6. The van der Waals surface area contributed by atoms with Gasteiger partial charge in [-0.2, -0.15) is 0 Å². The lowest BCUT2D eigenvalue weighted by atomic mass is 10.1. The van der Waals surface area contributed by atoms with Crippen LogP contribution in [0.4, 0.5) is 10.5 Å². The third-order valence-corrected chi connectivity index (χ3v) is 4.90. The number of rotatable bonds is 7. The number of benzene rings is 1. The van der Waals surface area contributed by atoms with Gasteiger partial charge >= 0.3 is 6.03 Å². The molecule has 164 valence electrons. The molecule has 32 heavy (non-hydrogen) atoms. The number of ether oxygens (including phenoxy) is 1. The number of oxime groups is 1. The SMILES string of the molecule is Cc1cncc(-c2ccccc2OCC2CC(CNC(=O)Nc3ccnc(C)c3)=NO2)c1. The average Bonchev–Trinajstić information content (AvgIpc) is 3.24. The molecule has 0 bridgehead atoms. The van der Waals surface area contributed by atoms with E-state index in [0.717, 1.165) is 33.8 Å². The number of aryl methyl sites for hydroxylation is 2. The van der Waals surface area contributed by atoms with E-state index in [-0.39, 0.29) is 12.1 Å². The van der Waals surface area contributed by atoms with Gasteiger partial charge in [-0.05, 0) is 43.7 Å². The fourth-order valence-corrected chi connectivity index (χ4v) is 3.38. The summed E-state index contributed by atoms with van der Waals surface area (Å²) in [5.41, 5.74) is 5.35. The maximum absolute atomic E-state index is 12.1. The summed E-state index contributed by atoms with van der Waals surface area (Å²) in [7, 11) is 0. The second-order valence-electron chi connectivity index (χ2n) is 7.64. The van der Waals surface area contributed by atoms with E-state index in [1.54, 1.807) is 18.3 Å². The molecule has 3 aromatic rings. The van der Waals surface area contributed by atoms with Gasteiger partial charge in [-0.1, -0.05) is 23.4 Å². The summed E-state index contributed by atoms with van der Waals surface area (Å²) < 4.78 is 6.05. The van der Waals surface area contributed by atoms with E-state index < -0.39 is 0 Å². The molecule has 1 aromatic carbocycles. The third-order valence-electron chi connectivity index (χ3n) is 4.90. The number of urea groups is 1. The molecule has 0 radical (unpaired) electrons. The van der Waals surface area contributed by atoms with Gasteiger partial charge in [0.05, 0.1) is 12.3 Å². The Labute approximate surface area is 186 Å². The van der Waals surface area contributed by atoms with Gasteiger partial charge in [0.15, 0.2) is 6.10 Å². The van der Waals surface area contributed by atoms with Crippen molar-refractivity contribution >= 4 is 17.4 Å². The molecule has 1 aliphatic rings. The summed E-state index contributed by atoms with van der Waals surface area (Å²) in [5, 5.41) is 9.66. The molecule has 8 nitrogen and oxygen atoms in total. The second kappa shape index (κ2) is 9.91. The summed E-state index contributed by atoms with van der Waals surface area (Å²) in [6.07, 6.45) is 5.68. The Morgan fingerprint density at radius 3 is 2.91 bits per heavy atom. The first-order valence-corrected chi connectivity index (χ1v) is 10.4. The van der Waals surface area contributed by atoms with Gasteiger partial charge < -0.3 is 20.2 Å². The minimum atomic E-state index is -0.307. The van der Waals surface area contributed by atoms with Crippen LogP contribution in [0, 0.1) is 13.8 Å². The summed E-state index contributed by atoms with van der Waals surface area (Å²) in [4.78, 5) is 26.0. The van der Waals surface area contributed by atoms with Crippen molar-refractivity contribution in [2.45, 2.75) is 26.4 Å². The van der Waals surface area contributed by atoms with Gasteiger partial charge in [0.1, 0.15) is 12.4 Å². The van der Waals surface area contributed by atoms with E-state index in [0.29, 0.717) is 25.3 Å². The molecular weight excluding hydrogens is 406 g/mol. The van der Waals surface area contributed by atoms with Crippen LogP contribution in [0.5, 0.6) is 5.75 Å². The van der Waals surface area contributed by atoms with Crippen molar-refractivity contribution in [2.24, 2.45) is 5.16 Å². The van der Waals surface area contributed by atoms with Crippen molar-refractivity contribution < 1.29 is 14.4 Å². The van der Waals surface area contributed by atoms with Crippen molar-refractivity contribution in [1.82, 2.24) is 15.3 Å². The molecule has 2 aromatic heterocycles. The van der Waals surface area contributed by atoms with Gasteiger partial charge in [-0.15, -0.1) is 0 Å². The lowest BCUT2D eigenvalue weighted by Gasteiger charge is -2.14. The molecule has 2 N–H and O–H groups in total. The van der Waals surface area contributed by atoms with Gasteiger partial charge in [-0.25, -0.2) is 4.79 Å². The van der Waals surface area contributed by atoms with E-state index in [9.17, 15) is 4.79 Å². The molecule has 3 heterocycles. The fourth-order valence-electron chi connectivity index (χ4n) is 3.38. The predicted molar refractivity (Wildman–Crippen MR) is 123 cm³/mol. The number of hydrogen-bond acceptors (Lipinski definition) is 6. The van der Waals surface area contributed by atoms with Crippen molar-refractivity contribution in [3.63, 3.8) is 0 Å². The standard InChI is InChI=1S/C24H25N5O3/c1-16-9-18(13-25-12-16)22-5-3-4-6-23(22)31-15-21-11-20(29-32-21)14-27-24(30)28-19-7-8-26-17(2)10-19/h3-10,12-13,21H,11,14-15H2,1-2H3,(H2,26,27,28,30). The van der Waals surface area contributed by atoms with E-state index in [4.69, 9.17) is 9.57 Å². The zero-order valence-corrected chi connectivity index (χ0v) is 18.0. The Morgan fingerprint density at radius 1 is 1.19 bits per heavy atom. The van der Waals surface area contributed by atoms with Gasteiger partial charge in [0.2, 0.25) is 0 Å². The molecule has 4 rings (SSSR count).